The van der Waals surface area contributed by atoms with Gasteiger partial charge in [0.25, 0.3) is 0 Å². The van der Waals surface area contributed by atoms with Gasteiger partial charge >= 0.3 is 0 Å². The van der Waals surface area contributed by atoms with Gasteiger partial charge in [-0.3, -0.25) is 0 Å². The smallest absolute Gasteiger partial charge is 0.100 e. The molecular formula is C6H14OSSi. The highest BCUT2D eigenvalue weighted by Gasteiger charge is 2.13. The van der Waals surface area contributed by atoms with Crippen molar-refractivity contribution in [1.29, 1.82) is 0 Å². The Morgan fingerprint density at radius 3 is 2.44 bits per heavy atom. The molecule has 0 fully saturated rings. The number of rotatable bonds is 3. The molecule has 0 atom stereocenters. The third-order valence-electron chi connectivity index (χ3n) is 1.08. The lowest BCUT2D eigenvalue weighted by Crippen LogP contribution is -2.28. The fraction of sp³-hybridized carbons (Fsp3) is 0.667. The van der Waals surface area contributed by atoms with Crippen LogP contribution in [0.25, 0.3) is 0 Å². The van der Waals surface area contributed by atoms with Crippen LogP contribution in [0.1, 0.15) is 0 Å². The lowest BCUT2D eigenvalue weighted by molar-refractivity contribution is 0.360. The molecule has 0 aliphatic heterocycles. The quantitative estimate of drug-likeness (QED) is 0.473. The minimum Gasteiger partial charge on any atom is -0.399 e. The maximum Gasteiger partial charge on any atom is 0.100 e. The first-order chi connectivity index (χ1) is 4.12. The third-order valence-corrected chi connectivity index (χ3v) is 3.25. The lowest BCUT2D eigenvalue weighted by atomic mass is 10.8. The maximum absolute atomic E-state index is 8.81. The standard InChI is InChI=1S/C6H14OSSi/c1-9(2,6-7)5-3-4-8/h3,5,7-8H,4,6H2,1-2H3. The zero-order chi connectivity index (χ0) is 7.33. The summed E-state index contributed by atoms with van der Waals surface area (Å²) in [6.07, 6.45) is 2.34. The highest BCUT2D eigenvalue weighted by Crippen LogP contribution is 2.01. The summed E-state index contributed by atoms with van der Waals surface area (Å²) in [5, 5.41) is 8.81. The van der Waals surface area contributed by atoms with E-state index in [-0.39, 0.29) is 0 Å². The lowest BCUT2D eigenvalue weighted by Gasteiger charge is -2.11. The minimum absolute atomic E-state index is 0.331. The Bertz CT molecular complexity index is 101. The molecule has 0 spiro atoms. The van der Waals surface area contributed by atoms with Gasteiger partial charge in [-0.2, -0.15) is 12.6 Å². The summed E-state index contributed by atoms with van der Waals surface area (Å²) < 4.78 is 0. The Morgan fingerprint density at radius 2 is 2.11 bits per heavy atom. The van der Waals surface area contributed by atoms with Crippen molar-refractivity contribution in [3.63, 3.8) is 0 Å². The molecule has 0 bridgehead atoms. The van der Waals surface area contributed by atoms with Crippen LogP contribution in [0.2, 0.25) is 13.1 Å². The first-order valence-electron chi connectivity index (χ1n) is 3.02. The maximum atomic E-state index is 8.81. The third kappa shape index (κ3) is 4.75. The molecule has 0 radical (unpaired) electrons. The molecule has 54 valence electrons. The van der Waals surface area contributed by atoms with Crippen LogP contribution in [0.4, 0.5) is 0 Å². The van der Waals surface area contributed by atoms with Crippen molar-refractivity contribution >= 4 is 20.7 Å². The van der Waals surface area contributed by atoms with Crippen molar-refractivity contribution < 1.29 is 5.11 Å². The normalized spacial score (nSPS) is 12.9. The average Bonchev–Trinajstić information content (AvgIpc) is 1.84. The molecular weight excluding hydrogens is 148 g/mol. The van der Waals surface area contributed by atoms with Gasteiger partial charge in [-0.15, -0.1) is 0 Å². The average molecular weight is 162 g/mol. The molecule has 0 aliphatic carbocycles. The Labute approximate surface area is 63.2 Å². The van der Waals surface area contributed by atoms with Crippen LogP contribution in [-0.4, -0.2) is 25.2 Å². The van der Waals surface area contributed by atoms with Crippen molar-refractivity contribution in [2.75, 3.05) is 12.0 Å². The first kappa shape index (κ1) is 9.27. The SMILES string of the molecule is C[Si](C)(C=CCS)CO. The molecule has 3 heteroatoms. The Morgan fingerprint density at radius 1 is 1.56 bits per heavy atom. The number of aliphatic hydroxyl groups is 1. The van der Waals surface area contributed by atoms with Crippen LogP contribution in [0.15, 0.2) is 11.8 Å². The summed E-state index contributed by atoms with van der Waals surface area (Å²) >= 11 is 4.03. The highest BCUT2D eigenvalue weighted by molar-refractivity contribution is 7.80. The van der Waals surface area contributed by atoms with E-state index in [2.05, 4.69) is 31.4 Å². The molecule has 0 rings (SSSR count). The van der Waals surface area contributed by atoms with Crippen molar-refractivity contribution in [1.82, 2.24) is 0 Å². The number of hydrogen-bond acceptors (Lipinski definition) is 2. The summed E-state index contributed by atoms with van der Waals surface area (Å²) in [6, 6.07) is 0. The monoisotopic (exact) mass is 162 g/mol. The zero-order valence-corrected chi connectivity index (χ0v) is 7.86. The van der Waals surface area contributed by atoms with Crippen molar-refractivity contribution in [3.05, 3.63) is 11.8 Å². The van der Waals surface area contributed by atoms with E-state index in [0.29, 0.717) is 6.23 Å². The van der Waals surface area contributed by atoms with Gasteiger partial charge < -0.3 is 5.11 Å². The van der Waals surface area contributed by atoms with E-state index >= 15 is 0 Å². The second kappa shape index (κ2) is 4.14. The van der Waals surface area contributed by atoms with Crippen LogP contribution >= 0.6 is 12.6 Å². The number of thiol groups is 1. The van der Waals surface area contributed by atoms with Crippen LogP contribution < -0.4 is 0 Å². The Kier molecular flexibility index (Phi) is 4.26. The van der Waals surface area contributed by atoms with Crippen LogP contribution in [-0.2, 0) is 0 Å². The Hall–Kier alpha value is 0.267. The Balaban J connectivity index is 3.70. The van der Waals surface area contributed by atoms with Crippen molar-refractivity contribution in [2.24, 2.45) is 0 Å². The van der Waals surface area contributed by atoms with Gasteiger partial charge in [0, 0.05) is 12.0 Å². The topological polar surface area (TPSA) is 20.2 Å². The van der Waals surface area contributed by atoms with Crippen LogP contribution in [0.3, 0.4) is 0 Å². The minimum atomic E-state index is -1.37. The molecule has 0 heterocycles. The van der Waals surface area contributed by atoms with Gasteiger partial charge in [-0.25, -0.2) is 0 Å². The second-order valence-electron chi connectivity index (χ2n) is 2.73. The molecule has 1 nitrogen and oxygen atoms in total. The molecule has 1 N–H and O–H groups in total. The molecule has 0 aliphatic rings. The van der Waals surface area contributed by atoms with E-state index in [1.54, 1.807) is 0 Å². The predicted octanol–water partition coefficient (Wildman–Crippen LogP) is 1.25. The molecule has 0 unspecified atom stereocenters. The van der Waals surface area contributed by atoms with E-state index in [4.69, 9.17) is 5.11 Å². The molecule has 0 aromatic rings. The van der Waals surface area contributed by atoms with E-state index < -0.39 is 8.07 Å². The van der Waals surface area contributed by atoms with Gasteiger partial charge in [0.1, 0.15) is 8.07 Å². The van der Waals surface area contributed by atoms with E-state index in [9.17, 15) is 0 Å². The van der Waals surface area contributed by atoms with E-state index in [0.717, 1.165) is 5.75 Å². The van der Waals surface area contributed by atoms with E-state index in [1.807, 2.05) is 6.08 Å². The predicted molar refractivity (Wildman–Crippen MR) is 47.6 cm³/mol. The largest absolute Gasteiger partial charge is 0.399 e. The molecule has 0 aromatic heterocycles. The summed E-state index contributed by atoms with van der Waals surface area (Å²) in [5.74, 6) is 0.774. The van der Waals surface area contributed by atoms with Gasteiger partial charge in [-0.05, 0) is 0 Å². The fourth-order valence-corrected chi connectivity index (χ4v) is 1.59. The summed E-state index contributed by atoms with van der Waals surface area (Å²) in [5.41, 5.74) is 2.11. The summed E-state index contributed by atoms with van der Waals surface area (Å²) in [6.45, 7) is 4.24. The highest BCUT2D eigenvalue weighted by atomic mass is 32.1. The molecule has 0 aromatic carbocycles. The van der Waals surface area contributed by atoms with Crippen LogP contribution in [0, 0.1) is 0 Å². The summed E-state index contributed by atoms with van der Waals surface area (Å²) in [7, 11) is -1.37. The number of aliphatic hydroxyl groups excluding tert-OH is 1. The van der Waals surface area contributed by atoms with Crippen molar-refractivity contribution in [3.8, 4) is 0 Å². The molecule has 0 saturated heterocycles. The molecule has 9 heavy (non-hydrogen) atoms. The second-order valence-corrected chi connectivity index (χ2v) is 7.72. The van der Waals surface area contributed by atoms with Gasteiger partial charge in [0.05, 0.1) is 0 Å². The molecule has 0 amide bonds. The van der Waals surface area contributed by atoms with Gasteiger partial charge in [0.2, 0.25) is 0 Å². The van der Waals surface area contributed by atoms with Gasteiger partial charge in [-0.1, -0.05) is 24.9 Å². The van der Waals surface area contributed by atoms with E-state index in [1.165, 1.54) is 0 Å². The first-order valence-corrected chi connectivity index (χ1v) is 6.93. The number of hydrogen-bond donors (Lipinski definition) is 2. The van der Waals surface area contributed by atoms with Crippen LogP contribution in [0.5, 0.6) is 0 Å². The zero-order valence-electron chi connectivity index (χ0n) is 5.96. The fourth-order valence-electron chi connectivity index (χ4n) is 0.424. The van der Waals surface area contributed by atoms with Crippen molar-refractivity contribution in [2.45, 2.75) is 13.1 Å². The van der Waals surface area contributed by atoms with Gasteiger partial charge in [0.15, 0.2) is 0 Å². The summed E-state index contributed by atoms with van der Waals surface area (Å²) in [4.78, 5) is 0. The molecule has 0 saturated carbocycles.